The molecule has 1 N–H and O–H groups in total. The van der Waals surface area contributed by atoms with Crippen molar-refractivity contribution in [3.63, 3.8) is 0 Å². The zero-order valence-electron chi connectivity index (χ0n) is 8.18. The Morgan fingerprint density at radius 3 is 2.33 bits per heavy atom. The largest absolute Gasteiger partial charge is 0.319 e. The smallest absolute Gasteiger partial charge is 0.00233 e. The van der Waals surface area contributed by atoms with Crippen LogP contribution in [0, 0.1) is 17.8 Å². The molecule has 0 radical (unpaired) electrons. The van der Waals surface area contributed by atoms with E-state index in [1.807, 2.05) is 0 Å². The highest BCUT2D eigenvalue weighted by Gasteiger charge is 2.30. The van der Waals surface area contributed by atoms with Gasteiger partial charge in [0.2, 0.25) is 0 Å². The van der Waals surface area contributed by atoms with Crippen LogP contribution in [0.1, 0.15) is 38.5 Å². The molecule has 2 rings (SSSR count). The van der Waals surface area contributed by atoms with Crippen LogP contribution in [0.3, 0.4) is 0 Å². The van der Waals surface area contributed by atoms with Gasteiger partial charge in [-0.15, -0.1) is 0 Å². The van der Waals surface area contributed by atoms with E-state index in [9.17, 15) is 0 Å². The molecular formula is C11H21N. The number of fused-ring (bicyclic) bond motifs is 2. The SMILES string of the molecule is CNCC1CC2CCCC(C2)C1. The average molecular weight is 167 g/mol. The normalized spacial score (nSPS) is 41.2. The van der Waals surface area contributed by atoms with Gasteiger partial charge in [0, 0.05) is 0 Å². The highest BCUT2D eigenvalue weighted by molar-refractivity contribution is 4.83. The molecule has 1 heteroatoms. The minimum Gasteiger partial charge on any atom is -0.319 e. The lowest BCUT2D eigenvalue weighted by Gasteiger charge is -2.39. The zero-order chi connectivity index (χ0) is 8.39. The molecule has 0 spiro atoms. The van der Waals surface area contributed by atoms with E-state index in [0.29, 0.717) is 0 Å². The number of rotatable bonds is 2. The standard InChI is InChI=1S/C11H21N/c1-12-8-11-6-9-3-2-4-10(5-9)7-11/h9-12H,2-8H2,1H3. The van der Waals surface area contributed by atoms with E-state index in [0.717, 1.165) is 17.8 Å². The lowest BCUT2D eigenvalue weighted by Crippen LogP contribution is -2.31. The summed E-state index contributed by atoms with van der Waals surface area (Å²) in [5, 5.41) is 3.33. The quantitative estimate of drug-likeness (QED) is 0.666. The summed E-state index contributed by atoms with van der Waals surface area (Å²) < 4.78 is 0. The summed E-state index contributed by atoms with van der Waals surface area (Å²) >= 11 is 0. The van der Waals surface area contributed by atoms with Gasteiger partial charge in [-0.25, -0.2) is 0 Å². The second kappa shape index (κ2) is 3.78. The average Bonchev–Trinajstić information content (AvgIpc) is 2.04. The molecule has 0 aromatic rings. The summed E-state index contributed by atoms with van der Waals surface area (Å²) in [7, 11) is 2.09. The molecule has 2 aliphatic carbocycles. The lowest BCUT2D eigenvalue weighted by atomic mass is 9.68. The molecule has 1 nitrogen and oxygen atoms in total. The van der Waals surface area contributed by atoms with Crippen molar-refractivity contribution in [2.75, 3.05) is 13.6 Å². The molecule has 2 saturated carbocycles. The molecule has 2 aliphatic rings. The van der Waals surface area contributed by atoms with E-state index in [1.54, 1.807) is 6.42 Å². The first-order chi connectivity index (χ1) is 5.88. The van der Waals surface area contributed by atoms with Gasteiger partial charge in [0.05, 0.1) is 0 Å². The molecule has 0 aromatic carbocycles. The number of hydrogen-bond acceptors (Lipinski definition) is 1. The molecule has 0 aromatic heterocycles. The van der Waals surface area contributed by atoms with Crippen molar-refractivity contribution in [2.24, 2.45) is 17.8 Å². The van der Waals surface area contributed by atoms with E-state index in [1.165, 1.54) is 38.6 Å². The molecule has 12 heavy (non-hydrogen) atoms. The summed E-state index contributed by atoms with van der Waals surface area (Å²) in [6.45, 7) is 1.26. The summed E-state index contributed by atoms with van der Waals surface area (Å²) in [6, 6.07) is 0. The number of nitrogens with one attached hydrogen (secondary N) is 1. The molecule has 2 atom stereocenters. The molecule has 2 bridgehead atoms. The van der Waals surface area contributed by atoms with Crippen molar-refractivity contribution >= 4 is 0 Å². The van der Waals surface area contributed by atoms with Gasteiger partial charge in [-0.3, -0.25) is 0 Å². The van der Waals surface area contributed by atoms with E-state index < -0.39 is 0 Å². The minimum atomic E-state index is 0.999. The Labute approximate surface area is 75.9 Å². The van der Waals surface area contributed by atoms with Gasteiger partial charge in [0.25, 0.3) is 0 Å². The topological polar surface area (TPSA) is 12.0 Å². The van der Waals surface area contributed by atoms with Gasteiger partial charge in [-0.1, -0.05) is 19.3 Å². The van der Waals surface area contributed by atoms with Crippen LogP contribution in [0.5, 0.6) is 0 Å². The summed E-state index contributed by atoms with van der Waals surface area (Å²) in [5.74, 6) is 3.19. The monoisotopic (exact) mass is 167 g/mol. The maximum absolute atomic E-state index is 3.33. The Bertz CT molecular complexity index is 132. The van der Waals surface area contributed by atoms with Gasteiger partial charge in [-0.05, 0) is 50.6 Å². The third kappa shape index (κ3) is 1.82. The fraction of sp³-hybridized carbons (Fsp3) is 1.00. The second-order valence-corrected chi connectivity index (χ2v) is 4.79. The lowest BCUT2D eigenvalue weighted by molar-refractivity contribution is 0.137. The van der Waals surface area contributed by atoms with Gasteiger partial charge in [0.15, 0.2) is 0 Å². The second-order valence-electron chi connectivity index (χ2n) is 4.79. The maximum Gasteiger partial charge on any atom is -0.00233 e. The predicted octanol–water partition coefficient (Wildman–Crippen LogP) is 2.42. The van der Waals surface area contributed by atoms with Crippen LogP contribution in [-0.4, -0.2) is 13.6 Å². The van der Waals surface area contributed by atoms with E-state index >= 15 is 0 Å². The fourth-order valence-corrected chi connectivity index (χ4v) is 3.32. The summed E-state index contributed by atoms with van der Waals surface area (Å²) in [6.07, 6.45) is 9.14. The van der Waals surface area contributed by atoms with E-state index in [4.69, 9.17) is 0 Å². The molecule has 0 aliphatic heterocycles. The Balaban J connectivity index is 1.87. The first-order valence-electron chi connectivity index (χ1n) is 5.53. The molecular weight excluding hydrogens is 146 g/mol. The third-order valence-electron chi connectivity index (χ3n) is 3.72. The van der Waals surface area contributed by atoms with Crippen molar-refractivity contribution < 1.29 is 0 Å². The Hall–Kier alpha value is -0.0400. The Morgan fingerprint density at radius 2 is 1.75 bits per heavy atom. The Kier molecular flexibility index (Phi) is 2.69. The van der Waals surface area contributed by atoms with Crippen LogP contribution in [0.2, 0.25) is 0 Å². The predicted molar refractivity (Wildman–Crippen MR) is 52.1 cm³/mol. The van der Waals surface area contributed by atoms with Gasteiger partial charge in [-0.2, -0.15) is 0 Å². The summed E-state index contributed by atoms with van der Waals surface area (Å²) in [5.41, 5.74) is 0. The maximum atomic E-state index is 3.33. The van der Waals surface area contributed by atoms with E-state index in [2.05, 4.69) is 12.4 Å². The third-order valence-corrected chi connectivity index (χ3v) is 3.72. The first kappa shape index (κ1) is 8.55. The Morgan fingerprint density at radius 1 is 1.08 bits per heavy atom. The molecule has 70 valence electrons. The zero-order valence-corrected chi connectivity index (χ0v) is 8.18. The van der Waals surface area contributed by atoms with Gasteiger partial charge < -0.3 is 5.32 Å². The van der Waals surface area contributed by atoms with Gasteiger partial charge in [0.1, 0.15) is 0 Å². The molecule has 2 fully saturated rings. The van der Waals surface area contributed by atoms with Crippen molar-refractivity contribution in [3.05, 3.63) is 0 Å². The highest BCUT2D eigenvalue weighted by atomic mass is 14.8. The first-order valence-corrected chi connectivity index (χ1v) is 5.53. The molecule has 0 amide bonds. The van der Waals surface area contributed by atoms with Crippen LogP contribution < -0.4 is 5.32 Å². The van der Waals surface area contributed by atoms with Crippen molar-refractivity contribution in [1.29, 1.82) is 0 Å². The van der Waals surface area contributed by atoms with E-state index in [-0.39, 0.29) is 0 Å². The molecule has 0 saturated heterocycles. The highest BCUT2D eigenvalue weighted by Crippen LogP contribution is 2.42. The summed E-state index contributed by atoms with van der Waals surface area (Å²) in [4.78, 5) is 0. The van der Waals surface area contributed by atoms with Crippen molar-refractivity contribution in [1.82, 2.24) is 5.32 Å². The van der Waals surface area contributed by atoms with Gasteiger partial charge >= 0.3 is 0 Å². The molecule has 0 heterocycles. The van der Waals surface area contributed by atoms with Crippen LogP contribution in [0.4, 0.5) is 0 Å². The van der Waals surface area contributed by atoms with Crippen LogP contribution >= 0.6 is 0 Å². The van der Waals surface area contributed by atoms with Crippen LogP contribution in [0.25, 0.3) is 0 Å². The van der Waals surface area contributed by atoms with Crippen molar-refractivity contribution in [3.8, 4) is 0 Å². The number of hydrogen-bond donors (Lipinski definition) is 1. The van der Waals surface area contributed by atoms with Crippen molar-refractivity contribution in [2.45, 2.75) is 38.5 Å². The van der Waals surface area contributed by atoms with Crippen LogP contribution in [0.15, 0.2) is 0 Å². The minimum absolute atomic E-state index is 0.999. The van der Waals surface area contributed by atoms with Crippen LogP contribution in [-0.2, 0) is 0 Å². The molecule has 2 unspecified atom stereocenters. The fourth-order valence-electron chi connectivity index (χ4n) is 3.32.